The maximum atomic E-state index is 14.2. The number of benzene rings is 2. The van der Waals surface area contributed by atoms with E-state index in [-0.39, 0.29) is 6.42 Å². The molecule has 2 aromatic carbocycles. The fourth-order valence-corrected chi connectivity index (χ4v) is 4.74. The van der Waals surface area contributed by atoms with Crippen LogP contribution >= 0.6 is 0 Å². The van der Waals surface area contributed by atoms with Gasteiger partial charge in [-0.15, -0.1) is 0 Å². The molecular weight excluding hydrogens is 603 g/mol. The Morgan fingerprint density at radius 1 is 0.844 bits per heavy atom. The number of esters is 1. The number of unbranched alkanes of at least 4 members (excludes halogenated alkanes) is 4. The number of halogens is 5. The van der Waals surface area contributed by atoms with Crippen LogP contribution in [0, 0.1) is 35.0 Å². The summed E-state index contributed by atoms with van der Waals surface area (Å²) in [5.74, 6) is -18.8. The number of primary amides is 1. The average molecular weight is 639 g/mol. The minimum atomic E-state index is -2.47. The third kappa shape index (κ3) is 9.02. The smallest absolute Gasteiger partial charge is 0.334 e. The molecule has 0 spiro atoms. The second-order valence-corrected chi connectivity index (χ2v) is 10.8. The fraction of sp³-hybridized carbons (Fsp3) is 0.419. The van der Waals surface area contributed by atoms with E-state index in [0.717, 1.165) is 43.0 Å². The lowest BCUT2D eigenvalue weighted by Gasteiger charge is -2.23. The van der Waals surface area contributed by atoms with E-state index in [1.54, 1.807) is 37.4 Å². The van der Waals surface area contributed by atoms with Crippen molar-refractivity contribution in [2.24, 2.45) is 11.7 Å². The van der Waals surface area contributed by atoms with Crippen LogP contribution in [0.1, 0.15) is 64.4 Å². The molecule has 0 saturated heterocycles. The van der Waals surface area contributed by atoms with Gasteiger partial charge in [0.05, 0.1) is 6.42 Å². The molecule has 1 heterocycles. The number of H-pyrrole nitrogens is 1. The van der Waals surface area contributed by atoms with Crippen LogP contribution in [0.15, 0.2) is 30.5 Å². The van der Waals surface area contributed by atoms with Crippen LogP contribution in [0.25, 0.3) is 10.9 Å². The fourth-order valence-electron chi connectivity index (χ4n) is 4.74. The van der Waals surface area contributed by atoms with E-state index in [2.05, 4.69) is 27.3 Å². The van der Waals surface area contributed by atoms with Crippen LogP contribution in [0.5, 0.6) is 5.75 Å². The molecule has 3 amide bonds. The number of nitrogens with two attached hydrogens (primary N) is 1. The van der Waals surface area contributed by atoms with Crippen LogP contribution in [0.4, 0.5) is 22.0 Å². The van der Waals surface area contributed by atoms with Gasteiger partial charge in [0.15, 0.2) is 0 Å². The van der Waals surface area contributed by atoms with Crippen LogP contribution in [0.2, 0.25) is 0 Å². The molecule has 0 bridgehead atoms. The van der Waals surface area contributed by atoms with Gasteiger partial charge in [0, 0.05) is 29.4 Å². The molecule has 0 aliphatic carbocycles. The van der Waals surface area contributed by atoms with Gasteiger partial charge in [0.2, 0.25) is 52.6 Å². The molecule has 1 unspecified atom stereocenters. The molecule has 3 atom stereocenters. The summed E-state index contributed by atoms with van der Waals surface area (Å²) >= 11 is 0. The lowest BCUT2D eigenvalue weighted by molar-refractivity contribution is -0.142. The molecule has 9 nitrogen and oxygen atoms in total. The van der Waals surface area contributed by atoms with Crippen molar-refractivity contribution in [3.63, 3.8) is 0 Å². The van der Waals surface area contributed by atoms with Gasteiger partial charge in [-0.25, -0.2) is 18.0 Å². The number of aromatic amines is 1. The van der Waals surface area contributed by atoms with Crippen molar-refractivity contribution >= 4 is 34.6 Å². The highest BCUT2D eigenvalue weighted by molar-refractivity contribution is 5.94. The lowest BCUT2D eigenvalue weighted by Crippen LogP contribution is -2.54. The van der Waals surface area contributed by atoms with Gasteiger partial charge >= 0.3 is 5.97 Å². The Morgan fingerprint density at radius 3 is 2.09 bits per heavy atom. The summed E-state index contributed by atoms with van der Waals surface area (Å²) in [7, 11) is 0. The highest BCUT2D eigenvalue weighted by Crippen LogP contribution is 2.29. The standard InChI is InChI=1S/C31H35F5N4O5/c1-3-4-5-6-7-10-16(2)29(42)39-20(13-17-15-38-19-12-9-8-11-18(17)19)30(43)40-21(14-22(37)41)31(44)45-28-26(35)24(33)23(32)25(34)27(28)36/h8-9,11-12,15-16,20-21,38H,3-7,10,13-14H2,1-2H3,(H2,37,41)(H,39,42)(H,40,43)/t16?,20-,21+/m0/s1. The van der Waals surface area contributed by atoms with Crippen molar-refractivity contribution < 1.29 is 45.9 Å². The quantitative estimate of drug-likeness (QED) is 0.0443. The Kier molecular flexibility index (Phi) is 12.4. The first-order valence-corrected chi connectivity index (χ1v) is 14.5. The van der Waals surface area contributed by atoms with Crippen molar-refractivity contribution in [1.29, 1.82) is 0 Å². The normalized spacial score (nSPS) is 13.2. The minimum absolute atomic E-state index is 0.0826. The van der Waals surface area contributed by atoms with Crippen LogP contribution < -0.4 is 21.1 Å². The van der Waals surface area contributed by atoms with Gasteiger partial charge in [0.25, 0.3) is 0 Å². The Bertz CT molecular complexity index is 1520. The Labute approximate surface area is 256 Å². The summed E-state index contributed by atoms with van der Waals surface area (Å²) in [4.78, 5) is 54.2. The van der Waals surface area contributed by atoms with Gasteiger partial charge in [-0.2, -0.15) is 8.78 Å². The van der Waals surface area contributed by atoms with Crippen LogP contribution in [0.3, 0.4) is 0 Å². The average Bonchev–Trinajstić information content (AvgIpc) is 3.42. The number of aromatic nitrogens is 1. The first-order valence-electron chi connectivity index (χ1n) is 14.5. The van der Waals surface area contributed by atoms with E-state index in [4.69, 9.17) is 5.73 Å². The lowest BCUT2D eigenvalue weighted by atomic mass is 9.99. The SMILES string of the molecule is CCCCCCCC(C)C(=O)N[C@@H](Cc1c[nH]c2ccccc12)C(=O)N[C@H](CC(N)=O)C(=O)Oc1c(F)c(F)c(F)c(F)c1F. The zero-order valence-corrected chi connectivity index (χ0v) is 24.8. The number of fused-ring (bicyclic) bond motifs is 1. The largest absolute Gasteiger partial charge is 0.418 e. The van der Waals surface area contributed by atoms with E-state index in [0.29, 0.717) is 12.0 Å². The number of hydrogen-bond acceptors (Lipinski definition) is 5. The zero-order chi connectivity index (χ0) is 33.3. The van der Waals surface area contributed by atoms with Gasteiger partial charge in [-0.1, -0.05) is 64.2 Å². The van der Waals surface area contributed by atoms with Gasteiger partial charge in [-0.05, 0) is 18.1 Å². The van der Waals surface area contributed by atoms with E-state index in [1.165, 1.54) is 0 Å². The van der Waals surface area contributed by atoms with E-state index in [1.807, 2.05) is 0 Å². The van der Waals surface area contributed by atoms with Crippen molar-refractivity contribution in [3.05, 3.63) is 65.1 Å². The molecule has 0 aliphatic heterocycles. The number of amides is 3. The first-order chi connectivity index (χ1) is 21.3. The maximum Gasteiger partial charge on any atom is 0.334 e. The van der Waals surface area contributed by atoms with Crippen molar-refractivity contribution in [1.82, 2.24) is 15.6 Å². The molecule has 0 radical (unpaired) electrons. The summed E-state index contributed by atoms with van der Waals surface area (Å²) in [6, 6.07) is 3.81. The maximum absolute atomic E-state index is 14.2. The number of carbonyl (C=O) groups excluding carboxylic acids is 4. The molecule has 45 heavy (non-hydrogen) atoms. The Morgan fingerprint density at radius 2 is 1.44 bits per heavy atom. The van der Waals surface area contributed by atoms with Gasteiger partial charge in [-0.3, -0.25) is 14.4 Å². The summed E-state index contributed by atoms with van der Waals surface area (Å²) in [5.41, 5.74) is 6.55. The number of para-hydroxylation sites is 1. The molecule has 3 aromatic rings. The highest BCUT2D eigenvalue weighted by atomic mass is 19.2. The molecule has 14 heteroatoms. The monoisotopic (exact) mass is 638 g/mol. The third-order valence-electron chi connectivity index (χ3n) is 7.30. The van der Waals surface area contributed by atoms with E-state index >= 15 is 0 Å². The number of rotatable bonds is 16. The number of carbonyl (C=O) groups is 4. The van der Waals surface area contributed by atoms with Crippen molar-refractivity contribution in [3.8, 4) is 5.75 Å². The highest BCUT2D eigenvalue weighted by Gasteiger charge is 2.34. The van der Waals surface area contributed by atoms with E-state index < -0.39 is 82.9 Å². The molecule has 244 valence electrons. The van der Waals surface area contributed by atoms with Crippen molar-refractivity contribution in [2.75, 3.05) is 0 Å². The molecule has 5 N–H and O–H groups in total. The summed E-state index contributed by atoms with van der Waals surface area (Å²) < 4.78 is 73.5. The molecule has 0 fully saturated rings. The molecule has 1 aromatic heterocycles. The van der Waals surface area contributed by atoms with Crippen LogP contribution in [-0.4, -0.2) is 40.8 Å². The molecule has 0 aliphatic rings. The minimum Gasteiger partial charge on any atom is -0.418 e. The topological polar surface area (TPSA) is 143 Å². The summed E-state index contributed by atoms with van der Waals surface area (Å²) in [6.45, 7) is 3.79. The number of hydrogen-bond donors (Lipinski definition) is 4. The molecular formula is C31H35F5N4O5. The second-order valence-electron chi connectivity index (χ2n) is 10.8. The summed E-state index contributed by atoms with van der Waals surface area (Å²) in [5, 5.41) is 5.58. The first kappa shape index (κ1) is 35.0. The van der Waals surface area contributed by atoms with E-state index in [9.17, 15) is 41.1 Å². The Hall–Kier alpha value is -4.49. The number of ether oxygens (including phenoxy) is 1. The number of nitrogens with one attached hydrogen (secondary N) is 3. The van der Waals surface area contributed by atoms with Gasteiger partial charge in [0.1, 0.15) is 12.1 Å². The Balaban J connectivity index is 1.84. The van der Waals surface area contributed by atoms with Crippen LogP contribution in [-0.2, 0) is 25.6 Å². The second kappa shape index (κ2) is 16.0. The zero-order valence-electron chi connectivity index (χ0n) is 24.8. The van der Waals surface area contributed by atoms with Crippen molar-refractivity contribution in [2.45, 2.75) is 77.3 Å². The summed E-state index contributed by atoms with van der Waals surface area (Å²) in [6.07, 6.45) is 6.03. The predicted molar refractivity (Wildman–Crippen MR) is 154 cm³/mol. The van der Waals surface area contributed by atoms with Gasteiger partial charge < -0.3 is 26.1 Å². The predicted octanol–water partition coefficient (Wildman–Crippen LogP) is 4.85. The third-order valence-corrected chi connectivity index (χ3v) is 7.30. The molecule has 3 rings (SSSR count). The molecule has 0 saturated carbocycles.